The summed E-state index contributed by atoms with van der Waals surface area (Å²) in [6.45, 7) is 2.04. The summed E-state index contributed by atoms with van der Waals surface area (Å²) in [5.74, 6) is -4.26. The first kappa shape index (κ1) is 34.2. The summed E-state index contributed by atoms with van der Waals surface area (Å²) in [4.78, 5) is 80.1. The molecule has 0 radical (unpaired) electrons. The van der Waals surface area contributed by atoms with Crippen molar-refractivity contribution < 1.29 is 70.0 Å². The summed E-state index contributed by atoms with van der Waals surface area (Å²) in [5.41, 5.74) is 0.536. The second-order valence-electron chi connectivity index (χ2n) is 9.84. The van der Waals surface area contributed by atoms with Crippen LogP contribution in [-0.4, -0.2) is 123 Å². The maximum absolute atomic E-state index is 13.6. The fourth-order valence-electron chi connectivity index (χ4n) is 4.86. The van der Waals surface area contributed by atoms with Crippen molar-refractivity contribution in [2.24, 2.45) is 7.05 Å². The van der Waals surface area contributed by atoms with Crippen molar-refractivity contribution in [1.29, 1.82) is 0 Å². The number of β-lactam (4-membered cyclic amide) rings is 1. The third kappa shape index (κ3) is 6.81. The van der Waals surface area contributed by atoms with Gasteiger partial charge < -0.3 is 27.2 Å². The molecule has 1 aromatic heterocycles. The van der Waals surface area contributed by atoms with Gasteiger partial charge in [0.15, 0.2) is 0 Å². The summed E-state index contributed by atoms with van der Waals surface area (Å²) >= 11 is 2.49. The number of piperazine rings is 1. The number of aliphatic carboxylic acids is 1. The number of urea groups is 1. The Balaban J connectivity index is 0.00000288. The first-order chi connectivity index (χ1) is 21.0. The van der Waals surface area contributed by atoms with Gasteiger partial charge in [-0.25, -0.2) is 14.3 Å². The average Bonchev–Trinajstić information content (AvgIpc) is 3.42. The number of carbonyl (C=O) groups is 6. The molecule has 6 amide bonds. The van der Waals surface area contributed by atoms with Crippen molar-refractivity contribution in [2.75, 3.05) is 31.1 Å². The number of carbonyl (C=O) groups excluding carboxylic acids is 5. The molecule has 0 aliphatic carbocycles. The molecule has 0 spiro atoms. The van der Waals surface area contributed by atoms with Crippen LogP contribution in [0.5, 0.6) is 5.75 Å². The fraction of sp³-hybridized carbons (Fsp3) is 0.400. The van der Waals surface area contributed by atoms with Crippen LogP contribution in [0.1, 0.15) is 20.0 Å². The molecule has 0 saturated carbocycles. The summed E-state index contributed by atoms with van der Waals surface area (Å²) < 4.78 is 1.44. The van der Waals surface area contributed by atoms with E-state index in [0.717, 1.165) is 4.90 Å². The number of benzene rings is 1. The van der Waals surface area contributed by atoms with Gasteiger partial charge in [-0.1, -0.05) is 23.9 Å². The summed E-state index contributed by atoms with van der Waals surface area (Å²) in [5, 5.41) is 35.6. The summed E-state index contributed by atoms with van der Waals surface area (Å²) in [6, 6.07) is 1.84. The molecule has 0 unspecified atom stereocenters. The molecule has 3 aliphatic heterocycles. The van der Waals surface area contributed by atoms with Gasteiger partial charge in [0.25, 0.3) is 5.91 Å². The van der Waals surface area contributed by atoms with Crippen molar-refractivity contribution >= 4 is 59.2 Å². The van der Waals surface area contributed by atoms with Gasteiger partial charge in [0, 0.05) is 38.2 Å². The number of amides is 6. The zero-order chi connectivity index (χ0) is 31.7. The SMILES string of the molecule is CCN1CCN(C(=O)N[C@@H](C(=O)N[C@@H]2C(=O)N3C(C(=O)O)=C(CSc4nnnn4C)CS[C@H]23)c2ccc(O)cc2)C(=O)C1=O.[H-].[Na+]. The molecule has 17 nitrogen and oxygen atoms in total. The molecule has 3 aliphatic rings. The molecule has 2 aromatic rings. The molecule has 5 rings (SSSR count). The number of carboxylic acids is 1. The van der Waals surface area contributed by atoms with E-state index in [1.165, 1.54) is 57.4 Å². The second-order valence-corrected chi connectivity index (χ2v) is 11.9. The van der Waals surface area contributed by atoms with Crippen molar-refractivity contribution in [2.45, 2.75) is 29.5 Å². The minimum atomic E-state index is -1.42. The fourth-order valence-corrected chi connectivity index (χ4v) is 7.20. The molecule has 4 N–H and O–H groups in total. The smallest absolute Gasteiger partial charge is 1.00 e. The number of hydrogen-bond acceptors (Lipinski definition) is 12. The van der Waals surface area contributed by atoms with Crippen LogP contribution in [0.25, 0.3) is 0 Å². The number of aromatic nitrogens is 4. The average molecular weight is 670 g/mol. The number of aryl methyl sites for hydroxylation is 1. The van der Waals surface area contributed by atoms with Gasteiger partial charge in [0.05, 0.1) is 0 Å². The van der Waals surface area contributed by atoms with Gasteiger partial charge in [0.2, 0.25) is 11.1 Å². The van der Waals surface area contributed by atoms with E-state index in [0.29, 0.717) is 22.2 Å². The zero-order valence-electron chi connectivity index (χ0n) is 25.4. The van der Waals surface area contributed by atoms with E-state index in [4.69, 9.17) is 0 Å². The van der Waals surface area contributed by atoms with Gasteiger partial charge in [-0.15, -0.1) is 16.9 Å². The first-order valence-corrected chi connectivity index (χ1v) is 15.3. The minimum Gasteiger partial charge on any atom is -1.00 e. The molecule has 2 fully saturated rings. The van der Waals surface area contributed by atoms with Gasteiger partial charge in [-0.05, 0) is 40.6 Å². The molecular weight excluding hydrogens is 641 g/mol. The van der Waals surface area contributed by atoms with Crippen molar-refractivity contribution in [1.82, 2.24) is 45.5 Å². The number of likely N-dealkylation sites (N-methyl/N-ethyl adjacent to an activating group) is 1. The van der Waals surface area contributed by atoms with Crippen LogP contribution in [0.2, 0.25) is 0 Å². The van der Waals surface area contributed by atoms with E-state index >= 15 is 0 Å². The summed E-state index contributed by atoms with van der Waals surface area (Å²) in [7, 11) is 1.64. The number of tetrazole rings is 1. The molecule has 234 valence electrons. The van der Waals surface area contributed by atoms with E-state index in [1.54, 1.807) is 14.0 Å². The predicted octanol–water partition coefficient (Wildman–Crippen LogP) is -4.00. The van der Waals surface area contributed by atoms with Crippen LogP contribution in [0.3, 0.4) is 0 Å². The van der Waals surface area contributed by atoms with Crippen LogP contribution in [0.4, 0.5) is 4.79 Å². The number of carboxylic acid groups (broad SMARTS) is 1. The third-order valence-electron chi connectivity index (χ3n) is 7.20. The Hall–Kier alpha value is -3.65. The van der Waals surface area contributed by atoms with Gasteiger partial charge in [0.1, 0.15) is 28.9 Å². The number of thioether (sulfide) groups is 2. The maximum atomic E-state index is 13.6. The zero-order valence-corrected chi connectivity index (χ0v) is 28.0. The molecule has 0 bridgehead atoms. The van der Waals surface area contributed by atoms with Gasteiger partial charge in [-0.2, -0.15) is 0 Å². The number of phenolic OH excluding ortho intramolecular Hbond substituents is 1. The van der Waals surface area contributed by atoms with Crippen LogP contribution in [-0.2, 0) is 31.0 Å². The Labute approximate surface area is 287 Å². The Kier molecular flexibility index (Phi) is 10.8. The number of imide groups is 1. The Bertz CT molecular complexity index is 1580. The number of rotatable bonds is 9. The van der Waals surface area contributed by atoms with Crippen LogP contribution < -0.4 is 40.2 Å². The minimum absolute atomic E-state index is 0. The largest absolute Gasteiger partial charge is 1.00 e. The predicted molar refractivity (Wildman–Crippen MR) is 154 cm³/mol. The van der Waals surface area contributed by atoms with Crippen LogP contribution >= 0.6 is 23.5 Å². The topological polar surface area (TPSA) is 220 Å². The molecular formula is C25H28N9NaO8S2. The molecule has 2 saturated heterocycles. The van der Waals surface area contributed by atoms with Crippen molar-refractivity contribution in [3.8, 4) is 5.75 Å². The van der Waals surface area contributed by atoms with Crippen molar-refractivity contribution in [3.63, 3.8) is 0 Å². The standard InChI is InChI=1S/C25H27N9O8S2.Na.H/c1-3-32-8-9-33(21(39)20(32)38)24(42)27-15(12-4-6-14(35)7-5-12)18(36)26-16-19(37)34-17(23(40)41)13(10-43-22(16)34)11-44-25-28-29-30-31(25)2;;/h4-7,15-16,22,35H,3,8-11H2,1-2H3,(H,26,36)(H,27,42)(H,40,41);;/q;+1;-1/t15-,16-,22-;;/m1../s1. The molecule has 4 heterocycles. The van der Waals surface area contributed by atoms with E-state index in [9.17, 15) is 39.0 Å². The van der Waals surface area contributed by atoms with Crippen LogP contribution in [0.15, 0.2) is 40.7 Å². The van der Waals surface area contributed by atoms with Gasteiger partial charge in [-0.3, -0.25) is 29.0 Å². The van der Waals surface area contributed by atoms with Crippen LogP contribution in [0, 0.1) is 0 Å². The Morgan fingerprint density at radius 2 is 1.87 bits per heavy atom. The monoisotopic (exact) mass is 669 g/mol. The Morgan fingerprint density at radius 1 is 1.16 bits per heavy atom. The number of phenols is 1. The molecule has 45 heavy (non-hydrogen) atoms. The quantitative estimate of drug-likeness (QED) is 0.0867. The van der Waals surface area contributed by atoms with E-state index in [-0.39, 0.29) is 72.6 Å². The van der Waals surface area contributed by atoms with E-state index in [1.807, 2.05) is 0 Å². The third-order valence-corrected chi connectivity index (χ3v) is 9.63. The molecule has 3 atom stereocenters. The number of nitrogens with zero attached hydrogens (tertiary/aromatic N) is 7. The van der Waals surface area contributed by atoms with Crippen molar-refractivity contribution in [3.05, 3.63) is 41.1 Å². The van der Waals surface area contributed by atoms with Gasteiger partial charge >= 0.3 is 53.4 Å². The molecule has 20 heteroatoms. The number of nitrogens with one attached hydrogen (secondary N) is 2. The van der Waals surface area contributed by atoms with E-state index in [2.05, 4.69) is 26.2 Å². The molecule has 1 aromatic carbocycles. The normalized spacial score (nSPS) is 20.2. The van der Waals surface area contributed by atoms with E-state index < -0.39 is 53.1 Å². The Morgan fingerprint density at radius 3 is 2.49 bits per heavy atom. The number of aromatic hydroxyl groups is 1. The second kappa shape index (κ2) is 14.2. The first-order valence-electron chi connectivity index (χ1n) is 13.3. The summed E-state index contributed by atoms with van der Waals surface area (Å²) in [6.07, 6.45) is 0. The number of fused-ring (bicyclic) bond motifs is 1. The maximum Gasteiger partial charge on any atom is 1.00 e. The number of hydrogen-bond donors (Lipinski definition) is 4.